The zero-order chi connectivity index (χ0) is 18.5. The Labute approximate surface area is 156 Å². The van der Waals surface area contributed by atoms with Crippen molar-refractivity contribution >= 4 is 28.1 Å². The lowest BCUT2D eigenvalue weighted by atomic mass is 10.0. The number of hydrogen-bond acceptors (Lipinski definition) is 5. The zero-order valence-electron chi connectivity index (χ0n) is 14.7. The molecule has 0 bridgehead atoms. The third-order valence-electron chi connectivity index (χ3n) is 3.90. The molecular formula is C20H21N3O2S. The number of rotatable bonds is 6. The van der Waals surface area contributed by atoms with Crippen molar-refractivity contribution in [1.82, 2.24) is 4.98 Å². The molecule has 26 heavy (non-hydrogen) atoms. The maximum absolute atomic E-state index is 12.2. The van der Waals surface area contributed by atoms with Crippen molar-refractivity contribution in [2.45, 2.75) is 19.8 Å². The van der Waals surface area contributed by atoms with E-state index >= 15 is 0 Å². The number of hydrogen-bond donors (Lipinski definition) is 2. The molecule has 0 spiro atoms. The Morgan fingerprint density at radius 3 is 2.58 bits per heavy atom. The number of benzene rings is 2. The molecule has 1 heterocycles. The summed E-state index contributed by atoms with van der Waals surface area (Å²) < 4.78 is 5.58. The third kappa shape index (κ3) is 4.40. The van der Waals surface area contributed by atoms with Crippen LogP contribution in [0.15, 0.2) is 53.9 Å². The van der Waals surface area contributed by atoms with Gasteiger partial charge in [-0.2, -0.15) is 0 Å². The number of amides is 1. The molecule has 1 amide bonds. The van der Waals surface area contributed by atoms with Gasteiger partial charge < -0.3 is 15.8 Å². The molecule has 0 aliphatic heterocycles. The van der Waals surface area contributed by atoms with Crippen molar-refractivity contribution in [3.05, 3.63) is 59.5 Å². The number of nitrogen functional groups attached to an aromatic ring is 1. The van der Waals surface area contributed by atoms with Crippen LogP contribution in [0, 0.1) is 0 Å². The fourth-order valence-electron chi connectivity index (χ4n) is 2.59. The molecule has 3 rings (SSSR count). The molecule has 0 radical (unpaired) electrons. The van der Waals surface area contributed by atoms with E-state index in [4.69, 9.17) is 10.5 Å². The lowest BCUT2D eigenvalue weighted by Crippen LogP contribution is -2.21. The Hall–Kier alpha value is -2.86. The van der Waals surface area contributed by atoms with Crippen molar-refractivity contribution in [2.24, 2.45) is 0 Å². The molecular weight excluding hydrogens is 346 g/mol. The number of ether oxygens (including phenoxy) is 1. The number of para-hydroxylation sites is 1. The molecule has 0 saturated carbocycles. The third-order valence-corrected chi connectivity index (χ3v) is 4.57. The Balaban J connectivity index is 1.58. The van der Waals surface area contributed by atoms with Gasteiger partial charge in [0.2, 0.25) is 0 Å². The maximum Gasteiger partial charge on any atom is 0.262 e. The molecule has 2 aromatic carbocycles. The minimum absolute atomic E-state index is 0.0462. The molecule has 0 aliphatic carbocycles. The summed E-state index contributed by atoms with van der Waals surface area (Å²) in [6, 6.07) is 15.2. The standard InChI is InChI=1S/C20H21N3O2S/c1-13(2)16-5-3-4-6-17(16)22-19(24)11-25-15-9-7-14(8-10-15)18-12-26-20(21)23-18/h3-10,12-13H,11H2,1-2H3,(H2,21,23)(H,22,24). The van der Waals surface area contributed by atoms with E-state index in [1.165, 1.54) is 11.3 Å². The maximum atomic E-state index is 12.2. The van der Waals surface area contributed by atoms with Gasteiger partial charge >= 0.3 is 0 Å². The second kappa shape index (κ2) is 8.01. The zero-order valence-corrected chi connectivity index (χ0v) is 15.5. The predicted molar refractivity (Wildman–Crippen MR) is 107 cm³/mol. The van der Waals surface area contributed by atoms with Gasteiger partial charge in [-0.15, -0.1) is 11.3 Å². The highest BCUT2D eigenvalue weighted by molar-refractivity contribution is 7.13. The van der Waals surface area contributed by atoms with E-state index in [1.807, 2.05) is 53.9 Å². The smallest absolute Gasteiger partial charge is 0.262 e. The van der Waals surface area contributed by atoms with Gasteiger partial charge in [-0.05, 0) is 41.8 Å². The molecule has 0 fully saturated rings. The number of nitrogens with zero attached hydrogens (tertiary/aromatic N) is 1. The molecule has 0 aliphatic rings. The minimum atomic E-state index is -0.186. The highest BCUT2D eigenvalue weighted by atomic mass is 32.1. The van der Waals surface area contributed by atoms with Crippen molar-refractivity contribution in [3.8, 4) is 17.0 Å². The van der Waals surface area contributed by atoms with Gasteiger partial charge in [-0.3, -0.25) is 4.79 Å². The average molecular weight is 367 g/mol. The van der Waals surface area contributed by atoms with Crippen LogP contribution >= 0.6 is 11.3 Å². The number of thiazole rings is 1. The first-order chi connectivity index (χ1) is 12.5. The topological polar surface area (TPSA) is 77.2 Å². The summed E-state index contributed by atoms with van der Waals surface area (Å²) in [5.74, 6) is 0.776. The molecule has 0 saturated heterocycles. The second-order valence-corrected chi connectivity index (χ2v) is 7.06. The van der Waals surface area contributed by atoms with E-state index in [9.17, 15) is 4.79 Å². The van der Waals surface area contributed by atoms with Crippen molar-refractivity contribution in [1.29, 1.82) is 0 Å². The number of nitrogens with one attached hydrogen (secondary N) is 1. The van der Waals surface area contributed by atoms with Crippen LogP contribution in [0.1, 0.15) is 25.3 Å². The second-order valence-electron chi connectivity index (χ2n) is 6.17. The van der Waals surface area contributed by atoms with Crippen LogP contribution in [0.2, 0.25) is 0 Å². The van der Waals surface area contributed by atoms with Crippen molar-refractivity contribution in [2.75, 3.05) is 17.7 Å². The number of aromatic nitrogens is 1. The normalized spacial score (nSPS) is 10.7. The van der Waals surface area contributed by atoms with Gasteiger partial charge in [-0.1, -0.05) is 32.0 Å². The van der Waals surface area contributed by atoms with Gasteiger partial charge in [0.15, 0.2) is 11.7 Å². The van der Waals surface area contributed by atoms with E-state index in [-0.39, 0.29) is 12.5 Å². The summed E-state index contributed by atoms with van der Waals surface area (Å²) in [5.41, 5.74) is 9.38. The van der Waals surface area contributed by atoms with Crippen LogP contribution in [-0.4, -0.2) is 17.5 Å². The molecule has 6 heteroatoms. The summed E-state index contributed by atoms with van der Waals surface area (Å²) in [4.78, 5) is 16.4. The van der Waals surface area contributed by atoms with Crippen molar-refractivity contribution < 1.29 is 9.53 Å². The molecule has 0 atom stereocenters. The molecule has 134 valence electrons. The molecule has 3 N–H and O–H groups in total. The monoisotopic (exact) mass is 367 g/mol. The number of carbonyl (C=O) groups is 1. The van der Waals surface area contributed by atoms with E-state index in [1.54, 1.807) is 0 Å². The SMILES string of the molecule is CC(C)c1ccccc1NC(=O)COc1ccc(-c2csc(N)n2)cc1. The van der Waals surface area contributed by atoms with E-state index in [0.717, 1.165) is 22.5 Å². The Kier molecular flexibility index (Phi) is 5.53. The van der Waals surface area contributed by atoms with Crippen LogP contribution in [0.25, 0.3) is 11.3 Å². The Morgan fingerprint density at radius 2 is 1.92 bits per heavy atom. The highest BCUT2D eigenvalue weighted by Gasteiger charge is 2.10. The first-order valence-electron chi connectivity index (χ1n) is 8.36. The summed E-state index contributed by atoms with van der Waals surface area (Å²) >= 11 is 1.40. The van der Waals surface area contributed by atoms with Crippen LogP contribution in [0.3, 0.4) is 0 Å². The first-order valence-corrected chi connectivity index (χ1v) is 9.24. The number of anilines is 2. The van der Waals surface area contributed by atoms with E-state index in [0.29, 0.717) is 16.8 Å². The van der Waals surface area contributed by atoms with Crippen LogP contribution in [-0.2, 0) is 4.79 Å². The molecule has 5 nitrogen and oxygen atoms in total. The predicted octanol–water partition coefficient (Wildman–Crippen LogP) is 4.53. The van der Waals surface area contributed by atoms with Gasteiger partial charge in [-0.25, -0.2) is 4.98 Å². The quantitative estimate of drug-likeness (QED) is 0.671. The summed E-state index contributed by atoms with van der Waals surface area (Å²) in [6.45, 7) is 4.15. The summed E-state index contributed by atoms with van der Waals surface area (Å²) in [6.07, 6.45) is 0. The number of carbonyl (C=O) groups excluding carboxylic acids is 1. The Bertz CT molecular complexity index is 888. The number of nitrogens with two attached hydrogens (primary N) is 1. The lowest BCUT2D eigenvalue weighted by molar-refractivity contribution is -0.118. The lowest BCUT2D eigenvalue weighted by Gasteiger charge is -2.14. The van der Waals surface area contributed by atoms with Gasteiger partial charge in [0, 0.05) is 16.6 Å². The van der Waals surface area contributed by atoms with Crippen LogP contribution in [0.4, 0.5) is 10.8 Å². The molecule has 1 aromatic heterocycles. The highest BCUT2D eigenvalue weighted by Crippen LogP contribution is 2.25. The summed E-state index contributed by atoms with van der Waals surface area (Å²) in [7, 11) is 0. The molecule has 0 unspecified atom stereocenters. The molecule has 3 aromatic rings. The van der Waals surface area contributed by atoms with Gasteiger partial charge in [0.1, 0.15) is 5.75 Å². The fourth-order valence-corrected chi connectivity index (χ4v) is 3.16. The van der Waals surface area contributed by atoms with E-state index < -0.39 is 0 Å². The average Bonchev–Trinajstić information content (AvgIpc) is 3.07. The largest absolute Gasteiger partial charge is 0.484 e. The van der Waals surface area contributed by atoms with Crippen LogP contribution in [0.5, 0.6) is 5.75 Å². The van der Waals surface area contributed by atoms with Gasteiger partial charge in [0.25, 0.3) is 5.91 Å². The first kappa shape index (κ1) is 17.9. The minimum Gasteiger partial charge on any atom is -0.484 e. The van der Waals surface area contributed by atoms with Gasteiger partial charge in [0.05, 0.1) is 5.69 Å². The van der Waals surface area contributed by atoms with Crippen LogP contribution < -0.4 is 15.8 Å². The summed E-state index contributed by atoms with van der Waals surface area (Å²) in [5, 5.41) is 5.36. The Morgan fingerprint density at radius 1 is 1.19 bits per heavy atom. The van der Waals surface area contributed by atoms with Crippen molar-refractivity contribution in [3.63, 3.8) is 0 Å². The van der Waals surface area contributed by atoms with E-state index in [2.05, 4.69) is 24.1 Å². The fraction of sp³-hybridized carbons (Fsp3) is 0.200.